The molecule has 3 aliphatic carbocycles. The molecule has 0 spiro atoms. The van der Waals surface area contributed by atoms with Gasteiger partial charge in [-0.1, -0.05) is 62.8 Å². The number of ketones is 2. The van der Waals surface area contributed by atoms with Gasteiger partial charge in [0.15, 0.2) is 11.6 Å². The van der Waals surface area contributed by atoms with Gasteiger partial charge in [-0.2, -0.15) is 0 Å². The second kappa shape index (κ2) is 10.2. The van der Waals surface area contributed by atoms with Crippen LogP contribution >= 0.6 is 15.9 Å². The van der Waals surface area contributed by atoms with Crippen LogP contribution in [-0.2, 0) is 0 Å². The molecular formula is C28H30BrN3O4. The molecule has 2 aromatic rings. The molecular weight excluding hydrogens is 522 g/mol. The standard InChI is InChI=1S/C28H30BrN3O4/c29-21-15-20(24(30)23-22(21)25(33)18-13-7-8-14-19(18)26(23)34)27(35)32(17-11-5-2-6-12-17)28(36)31-16-9-3-1-4-10-16/h7-8,13-17H,1-6,9-12,30H2,(H,31,36). The van der Waals surface area contributed by atoms with Crippen molar-refractivity contribution < 1.29 is 19.2 Å². The molecule has 5 rings (SSSR count). The number of nitrogens with zero attached hydrogens (tertiary/aromatic N) is 1. The number of benzene rings is 2. The summed E-state index contributed by atoms with van der Waals surface area (Å²) < 4.78 is 0.319. The maximum absolute atomic E-state index is 14.0. The van der Waals surface area contributed by atoms with E-state index in [4.69, 9.17) is 5.73 Å². The van der Waals surface area contributed by atoms with E-state index >= 15 is 0 Å². The third kappa shape index (κ3) is 4.36. The van der Waals surface area contributed by atoms with E-state index < -0.39 is 17.7 Å². The van der Waals surface area contributed by atoms with Crippen molar-refractivity contribution in [1.29, 1.82) is 0 Å². The molecule has 0 unspecified atom stereocenters. The maximum atomic E-state index is 14.0. The number of urea groups is 1. The van der Waals surface area contributed by atoms with E-state index in [1.165, 1.54) is 11.0 Å². The van der Waals surface area contributed by atoms with Gasteiger partial charge in [0.2, 0.25) is 0 Å². The monoisotopic (exact) mass is 551 g/mol. The zero-order chi connectivity index (χ0) is 25.4. The molecule has 188 valence electrons. The lowest BCUT2D eigenvalue weighted by molar-refractivity contribution is 0.0702. The van der Waals surface area contributed by atoms with Crippen molar-refractivity contribution in [1.82, 2.24) is 10.2 Å². The Balaban J connectivity index is 1.54. The lowest BCUT2D eigenvalue weighted by Crippen LogP contribution is -2.53. The molecule has 0 heterocycles. The summed E-state index contributed by atoms with van der Waals surface area (Å²) in [4.78, 5) is 55.5. The second-order valence-corrected chi connectivity index (χ2v) is 10.9. The van der Waals surface area contributed by atoms with Crippen molar-refractivity contribution >= 4 is 45.1 Å². The highest BCUT2D eigenvalue weighted by molar-refractivity contribution is 9.10. The average Bonchev–Trinajstić information content (AvgIpc) is 2.89. The van der Waals surface area contributed by atoms with Crippen LogP contribution in [0.4, 0.5) is 10.5 Å². The van der Waals surface area contributed by atoms with E-state index in [0.29, 0.717) is 10.0 Å². The van der Waals surface area contributed by atoms with Gasteiger partial charge >= 0.3 is 6.03 Å². The molecule has 2 fully saturated rings. The van der Waals surface area contributed by atoms with Crippen LogP contribution in [0.15, 0.2) is 34.8 Å². The van der Waals surface area contributed by atoms with E-state index in [1.807, 2.05) is 0 Å². The minimum absolute atomic E-state index is 0.0210. The number of carbonyl (C=O) groups is 4. The van der Waals surface area contributed by atoms with E-state index in [0.717, 1.165) is 64.2 Å². The summed E-state index contributed by atoms with van der Waals surface area (Å²) in [6.45, 7) is 0. The number of nitrogens with two attached hydrogens (primary N) is 1. The Morgan fingerprint density at radius 2 is 1.42 bits per heavy atom. The predicted molar refractivity (Wildman–Crippen MR) is 140 cm³/mol. The lowest BCUT2D eigenvalue weighted by atomic mass is 9.82. The minimum Gasteiger partial charge on any atom is -0.397 e. The number of rotatable bonds is 3. The molecule has 36 heavy (non-hydrogen) atoms. The fourth-order valence-corrected chi connectivity index (χ4v) is 6.44. The highest BCUT2D eigenvalue weighted by Crippen LogP contribution is 2.38. The summed E-state index contributed by atoms with van der Waals surface area (Å²) in [6.07, 6.45) is 9.52. The smallest absolute Gasteiger partial charge is 0.324 e. The number of nitrogens with one attached hydrogen (secondary N) is 1. The van der Waals surface area contributed by atoms with Gasteiger partial charge in [-0.25, -0.2) is 4.79 Å². The van der Waals surface area contributed by atoms with Crippen LogP contribution in [0.5, 0.6) is 0 Å². The number of amides is 3. The summed E-state index contributed by atoms with van der Waals surface area (Å²) in [5.41, 5.74) is 7.21. The van der Waals surface area contributed by atoms with Crippen molar-refractivity contribution in [3.8, 4) is 0 Å². The molecule has 2 aromatic carbocycles. The Bertz CT molecular complexity index is 1250. The summed E-state index contributed by atoms with van der Waals surface area (Å²) in [7, 11) is 0. The van der Waals surface area contributed by atoms with Gasteiger partial charge in [0.1, 0.15) is 0 Å². The highest BCUT2D eigenvalue weighted by Gasteiger charge is 2.38. The maximum Gasteiger partial charge on any atom is 0.324 e. The first-order valence-corrected chi connectivity index (χ1v) is 13.6. The molecule has 0 radical (unpaired) electrons. The van der Waals surface area contributed by atoms with E-state index in [-0.39, 0.29) is 45.8 Å². The van der Waals surface area contributed by atoms with Gasteiger partial charge in [0.25, 0.3) is 5.91 Å². The summed E-state index contributed by atoms with van der Waals surface area (Å²) in [5.74, 6) is -1.25. The van der Waals surface area contributed by atoms with E-state index in [1.54, 1.807) is 24.3 Å². The predicted octanol–water partition coefficient (Wildman–Crippen LogP) is 5.62. The second-order valence-electron chi connectivity index (χ2n) is 10.0. The third-order valence-electron chi connectivity index (χ3n) is 7.73. The fourth-order valence-electron chi connectivity index (χ4n) is 5.83. The number of imide groups is 1. The molecule has 0 saturated heterocycles. The zero-order valence-corrected chi connectivity index (χ0v) is 21.7. The summed E-state index contributed by atoms with van der Waals surface area (Å²) in [5, 5.41) is 3.08. The molecule has 0 bridgehead atoms. The van der Waals surface area contributed by atoms with Crippen molar-refractivity contribution in [2.45, 2.75) is 76.3 Å². The van der Waals surface area contributed by atoms with Crippen LogP contribution in [0.2, 0.25) is 0 Å². The molecule has 0 aliphatic heterocycles. The molecule has 0 aromatic heterocycles. The number of carbonyl (C=O) groups excluding carboxylic acids is 4. The fraction of sp³-hybridized carbons (Fsp3) is 0.429. The Labute approximate surface area is 218 Å². The highest BCUT2D eigenvalue weighted by atomic mass is 79.9. The third-order valence-corrected chi connectivity index (χ3v) is 8.36. The van der Waals surface area contributed by atoms with Crippen LogP contribution in [0.25, 0.3) is 0 Å². The van der Waals surface area contributed by atoms with Crippen molar-refractivity contribution in [2.75, 3.05) is 5.73 Å². The van der Waals surface area contributed by atoms with Gasteiger partial charge < -0.3 is 11.1 Å². The Morgan fingerprint density at radius 3 is 2.03 bits per heavy atom. The molecule has 8 heteroatoms. The number of anilines is 1. The molecule has 3 N–H and O–H groups in total. The van der Waals surface area contributed by atoms with Crippen LogP contribution in [0, 0.1) is 0 Å². The summed E-state index contributed by atoms with van der Waals surface area (Å²) >= 11 is 3.42. The van der Waals surface area contributed by atoms with Gasteiger partial charge in [0.05, 0.1) is 22.4 Å². The van der Waals surface area contributed by atoms with E-state index in [2.05, 4.69) is 21.2 Å². The Morgan fingerprint density at radius 1 is 0.861 bits per heavy atom. The van der Waals surface area contributed by atoms with Gasteiger partial charge in [0, 0.05) is 27.7 Å². The number of hydrogen-bond acceptors (Lipinski definition) is 5. The van der Waals surface area contributed by atoms with E-state index in [9.17, 15) is 19.2 Å². The van der Waals surface area contributed by atoms with Crippen LogP contribution in [-0.4, -0.2) is 40.5 Å². The molecule has 0 atom stereocenters. The number of hydrogen-bond donors (Lipinski definition) is 2. The van der Waals surface area contributed by atoms with Gasteiger partial charge in [-0.15, -0.1) is 0 Å². The van der Waals surface area contributed by atoms with Crippen molar-refractivity contribution in [3.05, 3.63) is 62.6 Å². The lowest BCUT2D eigenvalue weighted by Gasteiger charge is -2.35. The molecule has 7 nitrogen and oxygen atoms in total. The van der Waals surface area contributed by atoms with Crippen molar-refractivity contribution in [2.24, 2.45) is 0 Å². The minimum atomic E-state index is -0.532. The molecule has 3 amide bonds. The van der Waals surface area contributed by atoms with Crippen LogP contribution in [0.3, 0.4) is 0 Å². The first-order chi connectivity index (χ1) is 17.4. The van der Waals surface area contributed by atoms with Crippen molar-refractivity contribution in [3.63, 3.8) is 0 Å². The topological polar surface area (TPSA) is 110 Å². The van der Waals surface area contributed by atoms with Gasteiger partial charge in [-0.05, 0) is 47.7 Å². The SMILES string of the molecule is Nc1c(C(=O)N(C(=O)NC2CCCCC2)C2CCCCC2)cc(Br)c2c1C(=O)c1ccccc1C2=O. The Kier molecular flexibility index (Phi) is 6.97. The quantitative estimate of drug-likeness (QED) is 0.410. The Hall–Kier alpha value is -3.00. The zero-order valence-electron chi connectivity index (χ0n) is 20.1. The van der Waals surface area contributed by atoms with Gasteiger partial charge in [-0.3, -0.25) is 19.3 Å². The first-order valence-electron chi connectivity index (χ1n) is 12.8. The summed E-state index contributed by atoms with van der Waals surface area (Å²) in [6, 6.07) is 7.49. The van der Waals surface area contributed by atoms with Crippen LogP contribution in [0.1, 0.15) is 106 Å². The average molecular weight is 552 g/mol. The largest absolute Gasteiger partial charge is 0.397 e. The van der Waals surface area contributed by atoms with Crippen LogP contribution < -0.4 is 11.1 Å². The molecule has 2 saturated carbocycles. The number of nitrogen functional groups attached to an aromatic ring is 1. The first kappa shape index (κ1) is 24.7. The number of fused-ring (bicyclic) bond motifs is 2. The normalized spacial score (nSPS) is 18.4. The molecule has 3 aliphatic rings. The number of halogens is 1.